The maximum Gasteiger partial charge on any atom is 0.301 e. The minimum absolute atomic E-state index is 0.00813. The first-order valence-electron chi connectivity index (χ1n) is 11.5. The Kier molecular flexibility index (Phi) is 6.51. The first-order chi connectivity index (χ1) is 17.4. The highest BCUT2D eigenvalue weighted by molar-refractivity contribution is 7.22. The Bertz CT molecular complexity index is 1510. The third-order valence-corrected chi connectivity index (χ3v) is 7.22. The molecule has 5 rings (SSSR count). The standard InChI is InChI=1S/C28H23ClN2O4S/c1-3-13-35-20-6-4-5-18(14-20)25(32)23-24(17-9-7-16(2)8-10-17)31(27(34)26(23)33)28-30-21-12-11-19(29)15-22(21)36-28/h4-12,14-15,24,32H,3,13H2,1-2H3. The van der Waals surface area contributed by atoms with Crippen molar-refractivity contribution in [2.24, 2.45) is 0 Å². The summed E-state index contributed by atoms with van der Waals surface area (Å²) in [6.07, 6.45) is 0.835. The Labute approximate surface area is 217 Å². The first-order valence-corrected chi connectivity index (χ1v) is 12.7. The SMILES string of the molecule is CCCOc1cccc(C(O)=C2C(=O)C(=O)N(c3nc4ccc(Cl)cc4s3)C2c2ccc(C)cc2)c1. The third kappa shape index (κ3) is 4.36. The zero-order valence-corrected chi connectivity index (χ0v) is 21.3. The average Bonchev–Trinajstić information content (AvgIpc) is 3.40. The maximum atomic E-state index is 13.4. The summed E-state index contributed by atoms with van der Waals surface area (Å²) < 4.78 is 6.49. The van der Waals surface area contributed by atoms with E-state index in [0.29, 0.717) is 39.2 Å². The lowest BCUT2D eigenvalue weighted by Crippen LogP contribution is -2.29. The predicted molar refractivity (Wildman–Crippen MR) is 143 cm³/mol. The van der Waals surface area contributed by atoms with E-state index < -0.39 is 17.7 Å². The van der Waals surface area contributed by atoms with Gasteiger partial charge in [0.1, 0.15) is 11.5 Å². The quantitative estimate of drug-likeness (QED) is 0.175. The number of ether oxygens (including phenoxy) is 1. The van der Waals surface area contributed by atoms with Crippen LogP contribution in [0, 0.1) is 6.92 Å². The van der Waals surface area contributed by atoms with Crippen molar-refractivity contribution in [2.45, 2.75) is 26.3 Å². The summed E-state index contributed by atoms with van der Waals surface area (Å²) in [6.45, 7) is 4.49. The van der Waals surface area contributed by atoms with Crippen molar-refractivity contribution >= 4 is 55.7 Å². The molecule has 1 atom stereocenters. The van der Waals surface area contributed by atoms with Crippen LogP contribution in [0.5, 0.6) is 5.75 Å². The number of carbonyl (C=O) groups excluding carboxylic acids is 2. The largest absolute Gasteiger partial charge is 0.507 e. The zero-order valence-electron chi connectivity index (χ0n) is 19.7. The lowest BCUT2D eigenvalue weighted by molar-refractivity contribution is -0.132. The number of fused-ring (bicyclic) bond motifs is 1. The minimum Gasteiger partial charge on any atom is -0.507 e. The fraction of sp³-hybridized carbons (Fsp3) is 0.179. The van der Waals surface area contributed by atoms with Crippen molar-refractivity contribution in [1.82, 2.24) is 4.98 Å². The topological polar surface area (TPSA) is 79.7 Å². The van der Waals surface area contributed by atoms with E-state index in [9.17, 15) is 14.7 Å². The summed E-state index contributed by atoms with van der Waals surface area (Å²) in [5.74, 6) is -1.20. The van der Waals surface area contributed by atoms with Crippen LogP contribution >= 0.6 is 22.9 Å². The fourth-order valence-electron chi connectivity index (χ4n) is 4.19. The van der Waals surface area contributed by atoms with Crippen LogP contribution in [-0.2, 0) is 9.59 Å². The van der Waals surface area contributed by atoms with E-state index in [1.165, 1.54) is 16.2 Å². The van der Waals surface area contributed by atoms with E-state index in [-0.39, 0.29) is 11.3 Å². The number of hydrogen-bond acceptors (Lipinski definition) is 6. The van der Waals surface area contributed by atoms with Crippen molar-refractivity contribution in [3.8, 4) is 5.75 Å². The highest BCUT2D eigenvalue weighted by Gasteiger charge is 2.48. The van der Waals surface area contributed by atoms with Gasteiger partial charge in [-0.25, -0.2) is 4.98 Å². The Hall–Kier alpha value is -3.68. The van der Waals surface area contributed by atoms with Gasteiger partial charge in [-0.05, 0) is 49.2 Å². The van der Waals surface area contributed by atoms with E-state index in [1.807, 2.05) is 38.1 Å². The van der Waals surface area contributed by atoms with E-state index >= 15 is 0 Å². The van der Waals surface area contributed by atoms with Crippen molar-refractivity contribution in [1.29, 1.82) is 0 Å². The van der Waals surface area contributed by atoms with Gasteiger partial charge in [0, 0.05) is 10.6 Å². The van der Waals surface area contributed by atoms with Crippen LogP contribution in [0.25, 0.3) is 16.0 Å². The highest BCUT2D eigenvalue weighted by atomic mass is 35.5. The van der Waals surface area contributed by atoms with Crippen LogP contribution in [0.4, 0.5) is 5.13 Å². The summed E-state index contributed by atoms with van der Waals surface area (Å²) in [7, 11) is 0. The van der Waals surface area contributed by atoms with E-state index in [2.05, 4.69) is 4.98 Å². The number of Topliss-reactive ketones (excluding diaryl/α,β-unsaturated/α-hetero) is 1. The number of ketones is 1. The summed E-state index contributed by atoms with van der Waals surface area (Å²) in [6, 6.07) is 18.9. The molecule has 0 radical (unpaired) electrons. The Balaban J connectivity index is 1.68. The van der Waals surface area contributed by atoms with Gasteiger partial charge in [0.2, 0.25) is 0 Å². The number of carbonyl (C=O) groups is 2. The second-order valence-corrected chi connectivity index (χ2v) is 10.0. The number of aliphatic hydroxyl groups excluding tert-OH is 1. The van der Waals surface area contributed by atoms with Gasteiger partial charge in [0.05, 0.1) is 28.4 Å². The van der Waals surface area contributed by atoms with Gasteiger partial charge in [-0.2, -0.15) is 0 Å². The molecule has 4 aromatic rings. The van der Waals surface area contributed by atoms with Crippen molar-refractivity contribution in [3.63, 3.8) is 0 Å². The lowest BCUT2D eigenvalue weighted by Gasteiger charge is -2.23. The van der Waals surface area contributed by atoms with Crippen LogP contribution in [0.15, 0.2) is 72.3 Å². The van der Waals surface area contributed by atoms with Crippen LogP contribution in [-0.4, -0.2) is 28.4 Å². The predicted octanol–water partition coefficient (Wildman–Crippen LogP) is 6.67. The molecule has 3 aromatic carbocycles. The van der Waals surface area contributed by atoms with Gasteiger partial charge >= 0.3 is 5.91 Å². The Morgan fingerprint density at radius 2 is 1.89 bits per heavy atom. The van der Waals surface area contributed by atoms with Gasteiger partial charge in [-0.3, -0.25) is 14.5 Å². The number of rotatable bonds is 6. The molecular weight excluding hydrogens is 496 g/mol. The summed E-state index contributed by atoms with van der Waals surface area (Å²) in [5, 5.41) is 12.3. The molecule has 1 saturated heterocycles. The number of nitrogens with zero attached hydrogens (tertiary/aromatic N) is 2. The number of aryl methyl sites for hydroxylation is 1. The fourth-order valence-corrected chi connectivity index (χ4v) is 5.46. The number of benzene rings is 3. The Morgan fingerprint density at radius 1 is 1.11 bits per heavy atom. The Morgan fingerprint density at radius 3 is 2.64 bits per heavy atom. The minimum atomic E-state index is -0.846. The number of hydrogen-bond donors (Lipinski definition) is 1. The van der Waals surface area contributed by atoms with Crippen molar-refractivity contribution < 1.29 is 19.4 Å². The molecule has 8 heteroatoms. The van der Waals surface area contributed by atoms with E-state index in [1.54, 1.807) is 42.5 Å². The molecule has 1 unspecified atom stereocenters. The van der Waals surface area contributed by atoms with E-state index in [0.717, 1.165) is 16.7 Å². The third-order valence-electron chi connectivity index (χ3n) is 5.96. The molecule has 1 aliphatic rings. The first kappa shape index (κ1) is 24.0. The van der Waals surface area contributed by atoms with E-state index in [4.69, 9.17) is 16.3 Å². The molecule has 0 aliphatic carbocycles. The molecule has 0 spiro atoms. The van der Waals surface area contributed by atoms with Crippen LogP contribution < -0.4 is 9.64 Å². The van der Waals surface area contributed by atoms with Crippen molar-refractivity contribution in [3.05, 3.63) is 94.0 Å². The summed E-state index contributed by atoms with van der Waals surface area (Å²) in [4.78, 5) is 32.8. The molecular formula is C28H23ClN2O4S. The molecule has 1 amide bonds. The molecule has 182 valence electrons. The number of aromatic nitrogens is 1. The second kappa shape index (κ2) is 9.76. The monoisotopic (exact) mass is 518 g/mol. The molecule has 2 heterocycles. The van der Waals surface area contributed by atoms with Crippen molar-refractivity contribution in [2.75, 3.05) is 11.5 Å². The van der Waals surface area contributed by atoms with Crippen LogP contribution in [0.2, 0.25) is 5.02 Å². The molecule has 6 nitrogen and oxygen atoms in total. The van der Waals surface area contributed by atoms with Gasteiger partial charge in [0.25, 0.3) is 5.78 Å². The van der Waals surface area contributed by atoms with Crippen LogP contribution in [0.1, 0.15) is 36.1 Å². The second-order valence-electron chi connectivity index (χ2n) is 8.56. The highest BCUT2D eigenvalue weighted by Crippen LogP contribution is 2.44. The number of aliphatic hydroxyl groups is 1. The zero-order chi connectivity index (χ0) is 25.4. The van der Waals surface area contributed by atoms with Gasteiger partial charge in [-0.15, -0.1) is 0 Å². The molecule has 1 fully saturated rings. The van der Waals surface area contributed by atoms with Gasteiger partial charge in [0.15, 0.2) is 5.13 Å². The molecule has 0 bridgehead atoms. The average molecular weight is 519 g/mol. The van der Waals surface area contributed by atoms with Gasteiger partial charge < -0.3 is 9.84 Å². The smallest absolute Gasteiger partial charge is 0.301 e. The number of anilines is 1. The van der Waals surface area contributed by atoms with Crippen LogP contribution in [0.3, 0.4) is 0 Å². The number of thiazole rings is 1. The molecule has 1 N–H and O–H groups in total. The summed E-state index contributed by atoms with van der Waals surface area (Å²) in [5.41, 5.74) is 2.80. The molecule has 1 aromatic heterocycles. The molecule has 0 saturated carbocycles. The maximum absolute atomic E-state index is 13.4. The summed E-state index contributed by atoms with van der Waals surface area (Å²) >= 11 is 7.42. The lowest BCUT2D eigenvalue weighted by atomic mass is 9.95. The number of halogens is 1. The number of amides is 1. The normalized spacial score (nSPS) is 17.2. The molecule has 36 heavy (non-hydrogen) atoms. The molecule has 1 aliphatic heterocycles. The van der Waals surface area contributed by atoms with Gasteiger partial charge in [-0.1, -0.05) is 71.8 Å².